The van der Waals surface area contributed by atoms with E-state index in [0.29, 0.717) is 0 Å². The summed E-state index contributed by atoms with van der Waals surface area (Å²) in [6, 6.07) is 10.7. The number of hydrogen-bond donors (Lipinski definition) is 1. The minimum absolute atomic E-state index is 0.0236. The molecule has 2 nitrogen and oxygen atoms in total. The van der Waals surface area contributed by atoms with Gasteiger partial charge < -0.3 is 5.73 Å². The van der Waals surface area contributed by atoms with Crippen molar-refractivity contribution in [2.75, 3.05) is 0 Å². The van der Waals surface area contributed by atoms with E-state index >= 15 is 0 Å². The topological polar surface area (TPSA) is 38.9 Å². The lowest BCUT2D eigenvalue weighted by atomic mass is 10.1. The summed E-state index contributed by atoms with van der Waals surface area (Å²) in [7, 11) is 0. The molecule has 2 N–H and O–H groups in total. The van der Waals surface area contributed by atoms with Crippen LogP contribution in [0.5, 0.6) is 0 Å². The van der Waals surface area contributed by atoms with Crippen LogP contribution in [-0.2, 0) is 5.75 Å². The number of rotatable bonds is 4. The Kier molecular flexibility index (Phi) is 4.61. The third kappa shape index (κ3) is 3.82. The van der Waals surface area contributed by atoms with E-state index in [2.05, 4.69) is 43.1 Å². The van der Waals surface area contributed by atoms with E-state index in [1.165, 1.54) is 16.7 Å². The van der Waals surface area contributed by atoms with E-state index in [4.69, 9.17) is 5.73 Å². The quantitative estimate of drug-likeness (QED) is 0.855. The minimum Gasteiger partial charge on any atom is -0.324 e. The number of hydrogen-bond acceptors (Lipinski definition) is 3. The zero-order valence-corrected chi connectivity index (χ0v) is 12.5. The molecule has 0 bridgehead atoms. The van der Waals surface area contributed by atoms with Crippen molar-refractivity contribution in [3.05, 3.63) is 58.8 Å². The molecule has 0 aliphatic rings. The maximum atomic E-state index is 5.98. The first kappa shape index (κ1) is 14.1. The van der Waals surface area contributed by atoms with Crippen molar-refractivity contribution in [2.24, 2.45) is 5.73 Å². The normalized spacial score (nSPS) is 12.4. The van der Waals surface area contributed by atoms with Crippen molar-refractivity contribution in [2.45, 2.75) is 37.6 Å². The third-order valence-corrected chi connectivity index (χ3v) is 4.04. The van der Waals surface area contributed by atoms with Crippen LogP contribution >= 0.6 is 11.8 Å². The van der Waals surface area contributed by atoms with Crippen molar-refractivity contribution in [3.8, 4) is 0 Å². The average Bonchev–Trinajstić information content (AvgIpc) is 2.35. The van der Waals surface area contributed by atoms with Crippen LogP contribution in [0, 0.1) is 13.8 Å². The highest BCUT2D eigenvalue weighted by molar-refractivity contribution is 7.98. The molecule has 2 aromatic rings. The van der Waals surface area contributed by atoms with Crippen molar-refractivity contribution >= 4 is 11.8 Å². The fraction of sp³-hybridized carbons (Fsp3) is 0.312. The first-order valence-corrected chi connectivity index (χ1v) is 7.45. The van der Waals surface area contributed by atoms with E-state index < -0.39 is 0 Å². The molecule has 3 heteroatoms. The van der Waals surface area contributed by atoms with E-state index in [-0.39, 0.29) is 6.04 Å². The summed E-state index contributed by atoms with van der Waals surface area (Å²) in [5, 5.41) is 1.04. The fourth-order valence-corrected chi connectivity index (χ4v) is 3.20. The third-order valence-electron chi connectivity index (χ3n) is 2.95. The second kappa shape index (κ2) is 6.22. The number of thioether (sulfide) groups is 1. The first-order chi connectivity index (χ1) is 9.06. The second-order valence-electron chi connectivity index (χ2n) is 4.97. The number of nitrogens with two attached hydrogens (primary N) is 1. The smallest absolute Gasteiger partial charge is 0.101 e. The van der Waals surface area contributed by atoms with Gasteiger partial charge in [0.05, 0.1) is 0 Å². The van der Waals surface area contributed by atoms with Gasteiger partial charge in [-0.25, -0.2) is 4.98 Å². The van der Waals surface area contributed by atoms with Crippen molar-refractivity contribution in [1.29, 1.82) is 0 Å². The lowest BCUT2D eigenvalue weighted by Crippen LogP contribution is -2.07. The molecule has 0 aliphatic carbocycles. The summed E-state index contributed by atoms with van der Waals surface area (Å²) >= 11 is 1.75. The molecule has 0 saturated heterocycles. The summed E-state index contributed by atoms with van der Waals surface area (Å²) in [6.07, 6.45) is 1.83. The molecule has 1 heterocycles. The Morgan fingerprint density at radius 3 is 2.53 bits per heavy atom. The van der Waals surface area contributed by atoms with Gasteiger partial charge in [0, 0.05) is 23.6 Å². The molecule has 0 fully saturated rings. The molecule has 100 valence electrons. The Balaban J connectivity index is 2.14. The Labute approximate surface area is 119 Å². The summed E-state index contributed by atoms with van der Waals surface area (Å²) in [6.45, 7) is 6.27. The van der Waals surface area contributed by atoms with Crippen LogP contribution in [0.3, 0.4) is 0 Å². The van der Waals surface area contributed by atoms with Gasteiger partial charge >= 0.3 is 0 Å². The number of pyridine rings is 1. The zero-order valence-electron chi connectivity index (χ0n) is 11.7. The fourth-order valence-electron chi connectivity index (χ4n) is 2.17. The molecule has 1 aromatic heterocycles. The van der Waals surface area contributed by atoms with Gasteiger partial charge in [0.25, 0.3) is 0 Å². The van der Waals surface area contributed by atoms with Crippen molar-refractivity contribution < 1.29 is 0 Å². The molecular weight excluding hydrogens is 252 g/mol. The highest BCUT2D eigenvalue weighted by atomic mass is 32.2. The Bertz CT molecular complexity index is 544. The number of benzene rings is 1. The molecular formula is C16H20N2S. The van der Waals surface area contributed by atoms with Crippen LogP contribution in [0.4, 0.5) is 0 Å². The first-order valence-electron chi connectivity index (χ1n) is 6.46. The van der Waals surface area contributed by atoms with Gasteiger partial charge in [-0.15, -0.1) is 11.8 Å². The van der Waals surface area contributed by atoms with Gasteiger partial charge in [-0.1, -0.05) is 35.4 Å². The lowest BCUT2D eigenvalue weighted by molar-refractivity contribution is 0.779. The summed E-state index contributed by atoms with van der Waals surface area (Å²) in [4.78, 5) is 4.44. The number of aromatic nitrogens is 1. The van der Waals surface area contributed by atoms with Gasteiger partial charge in [0.1, 0.15) is 5.03 Å². The molecule has 2 rings (SSSR count). The molecule has 1 aromatic carbocycles. The molecule has 0 spiro atoms. The van der Waals surface area contributed by atoms with Crippen LogP contribution in [0.15, 0.2) is 41.6 Å². The van der Waals surface area contributed by atoms with E-state index in [0.717, 1.165) is 16.3 Å². The number of aryl methyl sites for hydroxylation is 2. The highest BCUT2D eigenvalue weighted by Gasteiger charge is 2.08. The molecule has 0 amide bonds. The Morgan fingerprint density at radius 1 is 1.21 bits per heavy atom. The zero-order chi connectivity index (χ0) is 13.8. The van der Waals surface area contributed by atoms with Crippen LogP contribution in [-0.4, -0.2) is 4.98 Å². The highest BCUT2D eigenvalue weighted by Crippen LogP contribution is 2.27. The second-order valence-corrected chi connectivity index (χ2v) is 5.94. The Hall–Kier alpha value is -1.32. The molecule has 0 unspecified atom stereocenters. The maximum Gasteiger partial charge on any atom is 0.101 e. The van der Waals surface area contributed by atoms with Gasteiger partial charge in [-0.3, -0.25) is 0 Å². The summed E-state index contributed by atoms with van der Waals surface area (Å²) < 4.78 is 0. The molecule has 19 heavy (non-hydrogen) atoms. The van der Waals surface area contributed by atoms with E-state index in [1.54, 1.807) is 11.8 Å². The van der Waals surface area contributed by atoms with Gasteiger partial charge in [0.15, 0.2) is 0 Å². The van der Waals surface area contributed by atoms with Crippen LogP contribution in [0.2, 0.25) is 0 Å². The van der Waals surface area contributed by atoms with Crippen LogP contribution in [0.1, 0.15) is 35.2 Å². The standard InChI is InChI=1S/C16H20N2S/c1-11-7-12(2)9-14(8-11)10-19-16-15(13(3)17)5-4-6-18-16/h4-9,13H,10,17H2,1-3H3/t13-/m1/s1. The SMILES string of the molecule is Cc1cc(C)cc(CSc2ncccc2[C@@H](C)N)c1. The number of nitrogens with zero attached hydrogens (tertiary/aromatic N) is 1. The maximum absolute atomic E-state index is 5.98. The Morgan fingerprint density at radius 2 is 1.89 bits per heavy atom. The molecule has 0 saturated carbocycles. The molecule has 0 aliphatic heterocycles. The van der Waals surface area contributed by atoms with Crippen LogP contribution < -0.4 is 5.73 Å². The lowest BCUT2D eigenvalue weighted by Gasteiger charge is -2.11. The predicted octanol–water partition coefficient (Wildman–Crippen LogP) is 4.01. The minimum atomic E-state index is 0.0236. The summed E-state index contributed by atoms with van der Waals surface area (Å²) in [5.74, 6) is 0.930. The molecule has 1 atom stereocenters. The van der Waals surface area contributed by atoms with E-state index in [1.807, 2.05) is 19.2 Å². The van der Waals surface area contributed by atoms with Gasteiger partial charge in [-0.2, -0.15) is 0 Å². The summed E-state index contributed by atoms with van der Waals surface area (Å²) in [5.41, 5.74) is 11.1. The van der Waals surface area contributed by atoms with Crippen molar-refractivity contribution in [1.82, 2.24) is 4.98 Å². The molecule has 0 radical (unpaired) electrons. The predicted molar refractivity (Wildman–Crippen MR) is 82.3 cm³/mol. The largest absolute Gasteiger partial charge is 0.324 e. The monoisotopic (exact) mass is 272 g/mol. The van der Waals surface area contributed by atoms with Gasteiger partial charge in [-0.05, 0) is 32.4 Å². The van der Waals surface area contributed by atoms with Crippen molar-refractivity contribution in [3.63, 3.8) is 0 Å². The average molecular weight is 272 g/mol. The van der Waals surface area contributed by atoms with Gasteiger partial charge in [0.2, 0.25) is 0 Å². The van der Waals surface area contributed by atoms with E-state index in [9.17, 15) is 0 Å². The van der Waals surface area contributed by atoms with Crippen LogP contribution in [0.25, 0.3) is 0 Å².